The van der Waals surface area contributed by atoms with Crippen molar-refractivity contribution in [3.05, 3.63) is 24.2 Å². The highest BCUT2D eigenvalue weighted by atomic mass is 32.2. The van der Waals surface area contributed by atoms with E-state index in [-0.39, 0.29) is 18.5 Å². The monoisotopic (exact) mass is 326 g/mol. The third kappa shape index (κ3) is 3.35. The Balaban J connectivity index is 1.65. The Morgan fingerprint density at radius 1 is 1.23 bits per heavy atom. The second kappa shape index (κ2) is 6.42. The summed E-state index contributed by atoms with van der Waals surface area (Å²) in [5.41, 5.74) is 0.474. The molecule has 1 aliphatic heterocycles. The van der Waals surface area contributed by atoms with E-state index < -0.39 is 15.3 Å². The molecule has 7 heteroatoms. The van der Waals surface area contributed by atoms with E-state index in [9.17, 15) is 13.2 Å². The van der Waals surface area contributed by atoms with E-state index in [4.69, 9.17) is 4.42 Å². The molecule has 22 heavy (non-hydrogen) atoms. The van der Waals surface area contributed by atoms with Gasteiger partial charge in [0, 0.05) is 19.1 Å². The zero-order valence-electron chi connectivity index (χ0n) is 12.5. The molecule has 1 aromatic heterocycles. The molecular weight excluding hydrogens is 304 g/mol. The van der Waals surface area contributed by atoms with Gasteiger partial charge in [-0.05, 0) is 31.7 Å². The zero-order valence-corrected chi connectivity index (χ0v) is 13.3. The van der Waals surface area contributed by atoms with E-state index in [0.29, 0.717) is 24.9 Å². The predicted octanol–water partition coefficient (Wildman–Crippen LogP) is 1.75. The maximum Gasteiger partial charge on any atom is 0.257 e. The van der Waals surface area contributed by atoms with Gasteiger partial charge in [-0.1, -0.05) is 12.8 Å². The van der Waals surface area contributed by atoms with Gasteiger partial charge in [-0.25, -0.2) is 13.1 Å². The molecule has 2 fully saturated rings. The van der Waals surface area contributed by atoms with Crippen LogP contribution in [0.25, 0.3) is 0 Å². The molecule has 1 N–H and O–H groups in total. The Bertz CT molecular complexity index is 605. The minimum absolute atomic E-state index is 0.0740. The minimum atomic E-state index is -3.37. The van der Waals surface area contributed by atoms with Crippen LogP contribution in [0.5, 0.6) is 0 Å². The third-order valence-electron chi connectivity index (χ3n) is 4.56. The number of piperidine rings is 1. The zero-order chi connectivity index (χ0) is 15.6. The molecule has 0 unspecified atom stereocenters. The molecular formula is C15H22N2O4S. The van der Waals surface area contributed by atoms with E-state index >= 15 is 0 Å². The van der Waals surface area contributed by atoms with Gasteiger partial charge in [0.15, 0.2) is 0 Å². The van der Waals surface area contributed by atoms with Crippen LogP contribution < -0.4 is 4.72 Å². The summed E-state index contributed by atoms with van der Waals surface area (Å²) in [5, 5.41) is -0.516. The van der Waals surface area contributed by atoms with Gasteiger partial charge in [-0.15, -0.1) is 0 Å². The van der Waals surface area contributed by atoms with E-state index in [1.807, 2.05) is 0 Å². The van der Waals surface area contributed by atoms with E-state index in [1.54, 1.807) is 11.0 Å². The average Bonchev–Trinajstić information content (AvgIpc) is 3.19. The molecule has 1 saturated carbocycles. The standard InChI is InChI=1S/C15H22N2O4S/c18-15(12-7-9-21-11-12)17-8-3-6-14(10-17)22(19,20)16-13-4-1-2-5-13/h7,9,11,13-14,16H,1-6,8,10H2/t14-/m1/s1. The summed E-state index contributed by atoms with van der Waals surface area (Å²) >= 11 is 0. The Morgan fingerprint density at radius 3 is 2.68 bits per heavy atom. The molecule has 0 spiro atoms. The summed E-state index contributed by atoms with van der Waals surface area (Å²) in [5.74, 6) is -0.158. The molecule has 1 amide bonds. The summed E-state index contributed by atoms with van der Waals surface area (Å²) in [7, 11) is -3.37. The Kier molecular flexibility index (Phi) is 4.54. The average molecular weight is 326 g/mol. The van der Waals surface area contributed by atoms with E-state index in [0.717, 1.165) is 25.7 Å². The van der Waals surface area contributed by atoms with Crippen LogP contribution in [-0.2, 0) is 10.0 Å². The van der Waals surface area contributed by atoms with Crippen LogP contribution in [0.15, 0.2) is 23.0 Å². The number of carbonyl (C=O) groups excluding carboxylic acids is 1. The lowest BCUT2D eigenvalue weighted by molar-refractivity contribution is 0.0726. The molecule has 1 atom stereocenters. The Hall–Kier alpha value is -1.34. The largest absolute Gasteiger partial charge is 0.472 e. The number of rotatable bonds is 4. The second-order valence-electron chi connectivity index (χ2n) is 6.17. The number of likely N-dealkylation sites (tertiary alicyclic amines) is 1. The van der Waals surface area contributed by atoms with Crippen LogP contribution in [0, 0.1) is 0 Å². The molecule has 1 aliphatic carbocycles. The Labute approximate surface area is 130 Å². The maximum absolute atomic E-state index is 12.5. The lowest BCUT2D eigenvalue weighted by Gasteiger charge is -2.32. The smallest absolute Gasteiger partial charge is 0.257 e. The molecule has 0 bridgehead atoms. The molecule has 6 nitrogen and oxygen atoms in total. The number of nitrogens with one attached hydrogen (secondary N) is 1. The predicted molar refractivity (Wildman–Crippen MR) is 81.9 cm³/mol. The van der Waals surface area contributed by atoms with Gasteiger partial charge in [-0.3, -0.25) is 4.79 Å². The fourth-order valence-electron chi connectivity index (χ4n) is 3.32. The van der Waals surface area contributed by atoms with Gasteiger partial charge >= 0.3 is 0 Å². The van der Waals surface area contributed by atoms with Crippen molar-refractivity contribution < 1.29 is 17.6 Å². The van der Waals surface area contributed by atoms with Gasteiger partial charge in [-0.2, -0.15) is 0 Å². The molecule has 2 aliphatic rings. The SMILES string of the molecule is O=C(c1ccoc1)N1CCC[C@@H](S(=O)(=O)NC2CCCC2)C1. The van der Waals surface area contributed by atoms with Crippen molar-refractivity contribution in [2.24, 2.45) is 0 Å². The first kappa shape index (κ1) is 15.6. The highest BCUT2D eigenvalue weighted by Crippen LogP contribution is 2.23. The minimum Gasteiger partial charge on any atom is -0.472 e. The lowest BCUT2D eigenvalue weighted by atomic mass is 10.1. The van der Waals surface area contributed by atoms with Gasteiger partial charge in [0.2, 0.25) is 10.0 Å². The summed E-state index contributed by atoms with van der Waals surface area (Å²) in [4.78, 5) is 13.9. The molecule has 1 saturated heterocycles. The van der Waals surface area contributed by atoms with Crippen LogP contribution >= 0.6 is 0 Å². The van der Waals surface area contributed by atoms with Crippen LogP contribution in [-0.4, -0.2) is 43.6 Å². The molecule has 3 rings (SSSR count). The van der Waals surface area contributed by atoms with E-state index in [2.05, 4.69) is 4.72 Å². The normalized spacial score (nSPS) is 23.8. The van der Waals surface area contributed by atoms with Crippen molar-refractivity contribution in [1.82, 2.24) is 9.62 Å². The summed E-state index contributed by atoms with van der Waals surface area (Å²) in [6.45, 7) is 0.853. The molecule has 0 aromatic carbocycles. The Morgan fingerprint density at radius 2 is 2.00 bits per heavy atom. The van der Waals surface area contributed by atoms with Gasteiger partial charge < -0.3 is 9.32 Å². The first-order chi connectivity index (χ1) is 10.6. The lowest BCUT2D eigenvalue weighted by Crippen LogP contribution is -2.49. The second-order valence-corrected chi connectivity index (χ2v) is 8.16. The van der Waals surface area contributed by atoms with Crippen molar-refractivity contribution in [2.75, 3.05) is 13.1 Å². The first-order valence-corrected chi connectivity index (χ1v) is 9.43. The van der Waals surface area contributed by atoms with Crippen molar-refractivity contribution in [3.8, 4) is 0 Å². The highest BCUT2D eigenvalue weighted by Gasteiger charge is 2.34. The fourth-order valence-corrected chi connectivity index (χ4v) is 5.06. The number of amides is 1. The van der Waals surface area contributed by atoms with Crippen molar-refractivity contribution in [2.45, 2.75) is 49.8 Å². The first-order valence-electron chi connectivity index (χ1n) is 7.89. The van der Waals surface area contributed by atoms with Crippen LogP contribution in [0.3, 0.4) is 0 Å². The van der Waals surface area contributed by atoms with Gasteiger partial charge in [0.05, 0.1) is 17.1 Å². The quantitative estimate of drug-likeness (QED) is 0.914. The van der Waals surface area contributed by atoms with Crippen molar-refractivity contribution >= 4 is 15.9 Å². The molecule has 0 radical (unpaired) electrons. The number of hydrogen-bond acceptors (Lipinski definition) is 4. The van der Waals surface area contributed by atoms with Crippen LogP contribution in [0.1, 0.15) is 48.9 Å². The summed E-state index contributed by atoms with van der Waals surface area (Å²) < 4.78 is 32.8. The van der Waals surface area contributed by atoms with Crippen LogP contribution in [0.2, 0.25) is 0 Å². The highest BCUT2D eigenvalue weighted by molar-refractivity contribution is 7.90. The van der Waals surface area contributed by atoms with Gasteiger partial charge in [0.25, 0.3) is 5.91 Å². The molecule has 2 heterocycles. The molecule has 1 aromatic rings. The number of sulfonamides is 1. The third-order valence-corrected chi connectivity index (χ3v) is 6.48. The number of furan rings is 1. The van der Waals surface area contributed by atoms with E-state index in [1.165, 1.54) is 12.5 Å². The number of hydrogen-bond donors (Lipinski definition) is 1. The maximum atomic E-state index is 12.5. The van der Waals surface area contributed by atoms with Crippen molar-refractivity contribution in [1.29, 1.82) is 0 Å². The molecule has 122 valence electrons. The van der Waals surface area contributed by atoms with Crippen molar-refractivity contribution in [3.63, 3.8) is 0 Å². The number of carbonyl (C=O) groups is 1. The number of nitrogens with zero attached hydrogens (tertiary/aromatic N) is 1. The summed E-state index contributed by atoms with van der Waals surface area (Å²) in [6.07, 6.45) is 8.18. The fraction of sp³-hybridized carbons (Fsp3) is 0.667. The topological polar surface area (TPSA) is 79.6 Å². The van der Waals surface area contributed by atoms with Crippen LogP contribution in [0.4, 0.5) is 0 Å². The summed E-state index contributed by atoms with van der Waals surface area (Å²) in [6, 6.07) is 1.68. The van der Waals surface area contributed by atoms with Gasteiger partial charge in [0.1, 0.15) is 6.26 Å².